The molecule has 0 unspecified atom stereocenters. The van der Waals surface area contributed by atoms with Gasteiger partial charge in [-0.25, -0.2) is 4.68 Å². The summed E-state index contributed by atoms with van der Waals surface area (Å²) in [6.07, 6.45) is 0.941. The van der Waals surface area contributed by atoms with Crippen molar-refractivity contribution in [1.82, 2.24) is 14.7 Å². The number of hydrogen-bond donors (Lipinski definition) is 1. The lowest BCUT2D eigenvalue weighted by molar-refractivity contribution is 0.0368. The monoisotopic (exact) mass is 389 g/mol. The Hall–Kier alpha value is -1.88. The molecule has 0 radical (unpaired) electrons. The molecule has 0 bridgehead atoms. The number of benzene rings is 1. The van der Waals surface area contributed by atoms with Gasteiger partial charge in [-0.2, -0.15) is 10.4 Å². The van der Waals surface area contributed by atoms with Crippen LogP contribution in [0.2, 0.25) is 0 Å². The van der Waals surface area contributed by atoms with E-state index in [1.165, 1.54) is 0 Å². The predicted molar refractivity (Wildman–Crippen MR) is 96.4 cm³/mol. The van der Waals surface area contributed by atoms with Gasteiger partial charge in [0.25, 0.3) is 0 Å². The first-order chi connectivity index (χ1) is 11.7. The van der Waals surface area contributed by atoms with Gasteiger partial charge in [-0.15, -0.1) is 0 Å². The molecule has 0 amide bonds. The Bertz CT molecular complexity index is 729. The number of nitrogens with two attached hydrogens (primary N) is 1. The van der Waals surface area contributed by atoms with Gasteiger partial charge in [-0.3, -0.25) is 4.90 Å². The molecule has 6 nitrogen and oxygen atoms in total. The Morgan fingerprint density at radius 3 is 2.58 bits per heavy atom. The lowest BCUT2D eigenvalue weighted by Gasteiger charge is -2.26. The largest absolute Gasteiger partial charge is 0.383 e. The van der Waals surface area contributed by atoms with Crippen LogP contribution in [0.25, 0.3) is 11.3 Å². The van der Waals surface area contributed by atoms with E-state index < -0.39 is 0 Å². The fraction of sp³-hybridized carbons (Fsp3) is 0.412. The van der Waals surface area contributed by atoms with Crippen molar-refractivity contribution >= 4 is 21.7 Å². The van der Waals surface area contributed by atoms with E-state index in [1.54, 1.807) is 4.68 Å². The molecule has 2 aromatic rings. The van der Waals surface area contributed by atoms with E-state index in [9.17, 15) is 5.26 Å². The third-order valence-corrected chi connectivity index (χ3v) is 4.70. The maximum Gasteiger partial charge on any atom is 0.140 e. The number of anilines is 1. The molecule has 0 aliphatic carbocycles. The summed E-state index contributed by atoms with van der Waals surface area (Å²) >= 11 is 3.42. The summed E-state index contributed by atoms with van der Waals surface area (Å²) in [5.74, 6) is 0.442. The number of aromatic nitrogens is 2. The van der Waals surface area contributed by atoms with E-state index in [-0.39, 0.29) is 0 Å². The SMILES string of the molecule is N#Cc1c(-c2ccc(Br)cc2)nn(CCCN2CCOCC2)c1N. The molecule has 7 heteroatoms. The molecule has 0 spiro atoms. The minimum absolute atomic E-state index is 0.442. The summed E-state index contributed by atoms with van der Waals surface area (Å²) in [5.41, 5.74) is 8.13. The molecule has 0 atom stereocenters. The molecule has 126 valence electrons. The first-order valence-corrected chi connectivity index (χ1v) is 8.81. The number of nitriles is 1. The molecule has 1 fully saturated rings. The third kappa shape index (κ3) is 3.78. The first kappa shape index (κ1) is 17.0. The van der Waals surface area contributed by atoms with Crippen molar-refractivity contribution in [1.29, 1.82) is 5.26 Å². The van der Waals surface area contributed by atoms with Crippen molar-refractivity contribution in [3.8, 4) is 17.3 Å². The van der Waals surface area contributed by atoms with Crippen LogP contribution < -0.4 is 5.73 Å². The van der Waals surface area contributed by atoms with E-state index in [2.05, 4.69) is 32.0 Å². The maximum absolute atomic E-state index is 9.44. The van der Waals surface area contributed by atoms with Gasteiger partial charge < -0.3 is 10.5 Å². The number of ether oxygens (including phenoxy) is 1. The molecule has 1 saturated heterocycles. The van der Waals surface area contributed by atoms with Crippen LogP contribution in [0.5, 0.6) is 0 Å². The van der Waals surface area contributed by atoms with Gasteiger partial charge in [0.05, 0.1) is 13.2 Å². The number of halogens is 1. The van der Waals surface area contributed by atoms with Gasteiger partial charge in [-0.05, 0) is 18.6 Å². The van der Waals surface area contributed by atoms with Gasteiger partial charge in [0.1, 0.15) is 23.1 Å². The topological polar surface area (TPSA) is 80.1 Å². The van der Waals surface area contributed by atoms with E-state index in [1.807, 2.05) is 24.3 Å². The highest BCUT2D eigenvalue weighted by molar-refractivity contribution is 9.10. The van der Waals surface area contributed by atoms with Gasteiger partial charge in [0.15, 0.2) is 0 Å². The summed E-state index contributed by atoms with van der Waals surface area (Å²) in [7, 11) is 0. The lowest BCUT2D eigenvalue weighted by Crippen LogP contribution is -2.37. The van der Waals surface area contributed by atoms with Crippen molar-refractivity contribution in [3.05, 3.63) is 34.3 Å². The summed E-state index contributed by atoms with van der Waals surface area (Å²) in [5, 5.41) is 14.0. The van der Waals surface area contributed by atoms with Crippen molar-refractivity contribution in [2.75, 3.05) is 38.6 Å². The van der Waals surface area contributed by atoms with E-state index >= 15 is 0 Å². The molecule has 3 rings (SSSR count). The molecular formula is C17H20BrN5O. The molecule has 2 N–H and O–H groups in total. The van der Waals surface area contributed by atoms with Crippen molar-refractivity contribution in [3.63, 3.8) is 0 Å². The molecule has 1 aromatic heterocycles. The highest BCUT2D eigenvalue weighted by atomic mass is 79.9. The fourth-order valence-electron chi connectivity index (χ4n) is 2.83. The number of rotatable bonds is 5. The lowest BCUT2D eigenvalue weighted by atomic mass is 10.1. The molecule has 0 saturated carbocycles. The van der Waals surface area contributed by atoms with Gasteiger partial charge in [0, 0.05) is 36.2 Å². The second-order valence-electron chi connectivity index (χ2n) is 5.76. The van der Waals surface area contributed by atoms with Gasteiger partial charge >= 0.3 is 0 Å². The predicted octanol–water partition coefficient (Wildman–Crippen LogP) is 2.49. The highest BCUT2D eigenvalue weighted by Gasteiger charge is 2.17. The normalized spacial score (nSPS) is 15.3. The zero-order chi connectivity index (χ0) is 16.9. The number of aryl methyl sites for hydroxylation is 1. The van der Waals surface area contributed by atoms with Crippen molar-refractivity contribution in [2.24, 2.45) is 0 Å². The Kier molecular flexibility index (Phi) is 5.51. The first-order valence-electron chi connectivity index (χ1n) is 8.01. The number of morpholine rings is 1. The summed E-state index contributed by atoms with van der Waals surface area (Å²) in [6.45, 7) is 5.24. The number of nitrogens with zero attached hydrogens (tertiary/aromatic N) is 4. The molecule has 1 aromatic carbocycles. The van der Waals surface area contributed by atoms with Crippen LogP contribution in [0.3, 0.4) is 0 Å². The number of nitrogen functional groups attached to an aromatic ring is 1. The van der Waals surface area contributed by atoms with Crippen LogP contribution >= 0.6 is 15.9 Å². The van der Waals surface area contributed by atoms with Crippen LogP contribution in [-0.2, 0) is 11.3 Å². The van der Waals surface area contributed by atoms with Crippen molar-refractivity contribution < 1.29 is 4.74 Å². The highest BCUT2D eigenvalue weighted by Crippen LogP contribution is 2.27. The molecule has 1 aliphatic heterocycles. The van der Waals surface area contributed by atoms with Crippen molar-refractivity contribution in [2.45, 2.75) is 13.0 Å². The Labute approximate surface area is 149 Å². The van der Waals surface area contributed by atoms with Gasteiger partial charge in [-0.1, -0.05) is 28.1 Å². The second kappa shape index (κ2) is 7.79. The minimum atomic E-state index is 0.442. The maximum atomic E-state index is 9.44. The second-order valence-corrected chi connectivity index (χ2v) is 6.67. The average Bonchev–Trinajstić information content (AvgIpc) is 2.92. The smallest absolute Gasteiger partial charge is 0.140 e. The third-order valence-electron chi connectivity index (χ3n) is 4.17. The Morgan fingerprint density at radius 2 is 1.92 bits per heavy atom. The molecule has 1 aliphatic rings. The molecule has 24 heavy (non-hydrogen) atoms. The Morgan fingerprint density at radius 1 is 1.21 bits per heavy atom. The summed E-state index contributed by atoms with van der Waals surface area (Å²) in [6, 6.07) is 9.93. The fourth-order valence-corrected chi connectivity index (χ4v) is 3.10. The van der Waals surface area contributed by atoms with E-state index in [0.717, 1.165) is 49.3 Å². The minimum Gasteiger partial charge on any atom is -0.383 e. The van der Waals surface area contributed by atoms with Crippen LogP contribution in [0.1, 0.15) is 12.0 Å². The average molecular weight is 390 g/mol. The zero-order valence-corrected chi connectivity index (χ0v) is 15.0. The quantitative estimate of drug-likeness (QED) is 0.849. The zero-order valence-electron chi connectivity index (χ0n) is 13.4. The van der Waals surface area contributed by atoms with Crippen LogP contribution in [0.4, 0.5) is 5.82 Å². The molecule has 2 heterocycles. The Balaban J connectivity index is 1.72. The van der Waals surface area contributed by atoms with Crippen LogP contribution in [0.15, 0.2) is 28.7 Å². The molecular weight excluding hydrogens is 370 g/mol. The van der Waals surface area contributed by atoms with E-state index in [4.69, 9.17) is 10.5 Å². The summed E-state index contributed by atoms with van der Waals surface area (Å²) < 4.78 is 8.09. The standard InChI is InChI=1S/C17H20BrN5O/c18-14-4-2-13(3-5-14)16-15(12-19)17(20)23(21-16)7-1-6-22-8-10-24-11-9-22/h2-5H,1,6-11,20H2. The summed E-state index contributed by atoms with van der Waals surface area (Å²) in [4.78, 5) is 2.38. The van der Waals surface area contributed by atoms with Crippen LogP contribution in [-0.4, -0.2) is 47.5 Å². The van der Waals surface area contributed by atoms with Gasteiger partial charge in [0.2, 0.25) is 0 Å². The number of hydrogen-bond acceptors (Lipinski definition) is 5. The van der Waals surface area contributed by atoms with E-state index in [0.29, 0.717) is 23.6 Å². The van der Waals surface area contributed by atoms with Crippen LogP contribution in [0, 0.1) is 11.3 Å².